The molecule has 8 nitrogen and oxygen atoms in total. The molecule has 1 amide bonds. The summed E-state index contributed by atoms with van der Waals surface area (Å²) in [4.78, 5) is 23.0. The Bertz CT molecular complexity index is 1190. The molecule has 0 radical (unpaired) electrons. The molecule has 2 aromatic carbocycles. The number of benzene rings is 2. The Balaban J connectivity index is 1.88. The van der Waals surface area contributed by atoms with E-state index in [9.17, 15) is 20.2 Å². The molecule has 0 saturated carbocycles. The summed E-state index contributed by atoms with van der Waals surface area (Å²) < 4.78 is 11.9. The SMILES string of the molecule is COc1ccc([N+](=O)[O-])cc1-c1ccc(/C=C(\C#N)C(=O)Nc2cccc(I)c2)o1. The van der Waals surface area contributed by atoms with Crippen molar-refractivity contribution in [2.75, 3.05) is 12.4 Å². The first-order chi connectivity index (χ1) is 14.4. The predicted octanol–water partition coefficient (Wildman–Crippen LogP) is 5.01. The van der Waals surface area contributed by atoms with Crippen molar-refractivity contribution in [2.24, 2.45) is 0 Å². The van der Waals surface area contributed by atoms with Crippen LogP contribution in [0.4, 0.5) is 11.4 Å². The number of rotatable bonds is 6. The lowest BCUT2D eigenvalue weighted by Gasteiger charge is -2.06. The molecule has 30 heavy (non-hydrogen) atoms. The summed E-state index contributed by atoms with van der Waals surface area (Å²) in [7, 11) is 1.44. The number of nitrogens with one attached hydrogen (secondary N) is 1. The summed E-state index contributed by atoms with van der Waals surface area (Å²) in [6, 6.07) is 16.3. The summed E-state index contributed by atoms with van der Waals surface area (Å²) in [5, 5.41) is 23.1. The quantitative estimate of drug-likeness (QED) is 0.162. The van der Waals surface area contributed by atoms with E-state index in [1.807, 2.05) is 12.1 Å². The van der Waals surface area contributed by atoms with Gasteiger partial charge in [-0.25, -0.2) is 0 Å². The number of furan rings is 1. The first-order valence-corrected chi connectivity index (χ1v) is 9.60. The molecule has 150 valence electrons. The van der Waals surface area contributed by atoms with Gasteiger partial charge in [-0.2, -0.15) is 5.26 Å². The smallest absolute Gasteiger partial charge is 0.270 e. The summed E-state index contributed by atoms with van der Waals surface area (Å²) in [5.41, 5.74) is 0.678. The molecule has 9 heteroatoms. The largest absolute Gasteiger partial charge is 0.496 e. The van der Waals surface area contributed by atoms with Gasteiger partial charge < -0.3 is 14.5 Å². The van der Waals surface area contributed by atoms with Gasteiger partial charge in [0.2, 0.25) is 0 Å². The first-order valence-electron chi connectivity index (χ1n) is 8.52. The van der Waals surface area contributed by atoms with Crippen LogP contribution in [0.2, 0.25) is 0 Å². The van der Waals surface area contributed by atoms with Gasteiger partial charge in [0.25, 0.3) is 11.6 Å². The number of methoxy groups -OCH3 is 1. The van der Waals surface area contributed by atoms with Crippen molar-refractivity contribution in [2.45, 2.75) is 0 Å². The molecule has 0 bridgehead atoms. The van der Waals surface area contributed by atoms with Gasteiger partial charge >= 0.3 is 0 Å². The Labute approximate surface area is 185 Å². The van der Waals surface area contributed by atoms with E-state index in [-0.39, 0.29) is 17.0 Å². The number of carbonyl (C=O) groups is 1. The highest BCUT2D eigenvalue weighted by Crippen LogP contribution is 2.34. The highest BCUT2D eigenvalue weighted by molar-refractivity contribution is 14.1. The van der Waals surface area contributed by atoms with Crippen LogP contribution in [0.25, 0.3) is 17.4 Å². The van der Waals surface area contributed by atoms with E-state index in [2.05, 4.69) is 27.9 Å². The number of halogens is 1. The first kappa shape index (κ1) is 21.1. The maximum absolute atomic E-state index is 12.4. The molecule has 1 heterocycles. The topological polar surface area (TPSA) is 118 Å². The van der Waals surface area contributed by atoms with Gasteiger partial charge in [-0.1, -0.05) is 6.07 Å². The van der Waals surface area contributed by atoms with Gasteiger partial charge in [-0.3, -0.25) is 14.9 Å². The number of hydrogen-bond donors (Lipinski definition) is 1. The number of nitrogens with zero attached hydrogens (tertiary/aromatic N) is 2. The van der Waals surface area contributed by atoms with Crippen LogP contribution in [0.3, 0.4) is 0 Å². The zero-order valence-electron chi connectivity index (χ0n) is 15.6. The number of hydrogen-bond acceptors (Lipinski definition) is 6. The number of carbonyl (C=O) groups excluding carboxylic acids is 1. The van der Waals surface area contributed by atoms with Crippen LogP contribution in [0, 0.1) is 25.0 Å². The highest BCUT2D eigenvalue weighted by atomic mass is 127. The van der Waals surface area contributed by atoms with Crippen LogP contribution in [-0.2, 0) is 4.79 Å². The number of non-ortho nitro benzene ring substituents is 1. The van der Waals surface area contributed by atoms with Gasteiger partial charge in [-0.05, 0) is 59.0 Å². The minimum Gasteiger partial charge on any atom is -0.496 e. The molecule has 1 aromatic heterocycles. The maximum atomic E-state index is 12.4. The molecule has 3 rings (SSSR count). The molecular weight excluding hydrogens is 501 g/mol. The number of amides is 1. The Kier molecular flexibility index (Phi) is 6.48. The van der Waals surface area contributed by atoms with Crippen molar-refractivity contribution < 1.29 is 18.9 Å². The Morgan fingerprint density at radius 3 is 2.73 bits per heavy atom. The number of anilines is 1. The van der Waals surface area contributed by atoms with Gasteiger partial charge in [-0.15, -0.1) is 0 Å². The number of nitro groups is 1. The van der Waals surface area contributed by atoms with Gasteiger partial charge in [0, 0.05) is 27.5 Å². The average Bonchev–Trinajstić information content (AvgIpc) is 3.19. The molecule has 0 fully saturated rings. The van der Waals surface area contributed by atoms with Crippen LogP contribution < -0.4 is 10.1 Å². The lowest BCUT2D eigenvalue weighted by atomic mass is 10.1. The van der Waals surface area contributed by atoms with E-state index in [0.29, 0.717) is 22.8 Å². The molecule has 1 N–H and O–H groups in total. The van der Waals surface area contributed by atoms with E-state index >= 15 is 0 Å². The molecule has 3 aromatic rings. The zero-order chi connectivity index (χ0) is 21.7. The molecule has 0 unspecified atom stereocenters. The summed E-state index contributed by atoms with van der Waals surface area (Å²) in [5.74, 6) is 0.359. The third-order valence-corrected chi connectivity index (χ3v) is 4.69. The molecule has 0 aliphatic heterocycles. The second-order valence-corrected chi connectivity index (χ2v) is 7.22. The van der Waals surface area contributed by atoms with Gasteiger partial charge in [0.1, 0.15) is 28.9 Å². The molecule has 0 saturated heterocycles. The van der Waals surface area contributed by atoms with Crippen LogP contribution in [0.5, 0.6) is 5.75 Å². The van der Waals surface area contributed by atoms with Crippen molar-refractivity contribution >= 4 is 45.9 Å². The van der Waals surface area contributed by atoms with Crippen LogP contribution in [0.15, 0.2) is 64.6 Å². The van der Waals surface area contributed by atoms with E-state index in [1.54, 1.807) is 30.3 Å². The number of nitriles is 1. The van der Waals surface area contributed by atoms with Crippen molar-refractivity contribution in [3.8, 4) is 23.1 Å². The zero-order valence-corrected chi connectivity index (χ0v) is 17.7. The van der Waals surface area contributed by atoms with E-state index in [1.165, 1.54) is 31.4 Å². The molecule has 0 aliphatic carbocycles. The third kappa shape index (κ3) is 4.84. The normalized spacial score (nSPS) is 10.9. The fourth-order valence-electron chi connectivity index (χ4n) is 2.63. The van der Waals surface area contributed by atoms with Crippen molar-refractivity contribution in [3.63, 3.8) is 0 Å². The van der Waals surface area contributed by atoms with Crippen LogP contribution in [-0.4, -0.2) is 17.9 Å². The van der Waals surface area contributed by atoms with Crippen LogP contribution >= 0.6 is 22.6 Å². The van der Waals surface area contributed by atoms with Gasteiger partial charge in [0.05, 0.1) is 17.6 Å². The molecular formula is C21H14IN3O5. The highest BCUT2D eigenvalue weighted by Gasteiger charge is 2.17. The fourth-order valence-corrected chi connectivity index (χ4v) is 3.18. The second-order valence-electron chi connectivity index (χ2n) is 5.98. The Morgan fingerprint density at radius 2 is 2.07 bits per heavy atom. The molecule has 0 spiro atoms. The Hall–Kier alpha value is -3.65. The van der Waals surface area contributed by atoms with E-state index < -0.39 is 10.8 Å². The lowest BCUT2D eigenvalue weighted by molar-refractivity contribution is -0.384. The van der Waals surface area contributed by atoms with Crippen molar-refractivity contribution in [1.82, 2.24) is 0 Å². The molecule has 0 aliphatic rings. The van der Waals surface area contributed by atoms with Crippen LogP contribution in [0.1, 0.15) is 5.76 Å². The number of ether oxygens (including phenoxy) is 1. The summed E-state index contributed by atoms with van der Waals surface area (Å²) in [6.07, 6.45) is 1.30. The van der Waals surface area contributed by atoms with Gasteiger partial charge in [0.15, 0.2) is 0 Å². The van der Waals surface area contributed by atoms with Crippen molar-refractivity contribution in [3.05, 3.63) is 79.6 Å². The predicted molar refractivity (Wildman–Crippen MR) is 119 cm³/mol. The van der Waals surface area contributed by atoms with E-state index in [0.717, 1.165) is 3.57 Å². The monoisotopic (exact) mass is 515 g/mol. The van der Waals surface area contributed by atoms with Crippen molar-refractivity contribution in [1.29, 1.82) is 5.26 Å². The molecule has 0 atom stereocenters. The van der Waals surface area contributed by atoms with E-state index in [4.69, 9.17) is 9.15 Å². The summed E-state index contributed by atoms with van der Waals surface area (Å²) in [6.45, 7) is 0. The average molecular weight is 515 g/mol. The number of nitro benzene ring substituents is 1. The lowest BCUT2D eigenvalue weighted by Crippen LogP contribution is -2.13. The Morgan fingerprint density at radius 1 is 1.27 bits per heavy atom. The summed E-state index contributed by atoms with van der Waals surface area (Å²) >= 11 is 2.12. The fraction of sp³-hybridized carbons (Fsp3) is 0.0476. The second kappa shape index (κ2) is 9.23. The standard InChI is InChI=1S/C21H14IN3O5/c1-29-19-7-5-16(25(27)28)11-18(19)20-8-6-17(30-20)9-13(12-23)21(26)24-15-4-2-3-14(22)10-15/h2-11H,1H3,(H,24,26)/b13-9+. The maximum Gasteiger partial charge on any atom is 0.270 e. The minimum atomic E-state index is -0.578. The minimum absolute atomic E-state index is 0.117. The third-order valence-electron chi connectivity index (χ3n) is 4.02.